The molecular weight excluding hydrogens is 439 g/mol. The number of ketones is 1. The Hall–Kier alpha value is -2.86. The highest BCUT2D eigenvalue weighted by molar-refractivity contribution is 6.43. The van der Waals surface area contributed by atoms with E-state index in [1.165, 1.54) is 6.92 Å². The number of halogens is 2. The van der Waals surface area contributed by atoms with Gasteiger partial charge in [-0.2, -0.15) is 0 Å². The summed E-state index contributed by atoms with van der Waals surface area (Å²) < 4.78 is 27.5. The van der Waals surface area contributed by atoms with Gasteiger partial charge >= 0.3 is 7.12 Å². The van der Waals surface area contributed by atoms with Gasteiger partial charge in [-0.15, -0.1) is 0 Å². The molecule has 4 rings (SSSR count). The van der Waals surface area contributed by atoms with Crippen LogP contribution >= 0.6 is 0 Å². The Bertz CT molecular complexity index is 1020. The lowest BCUT2D eigenvalue weighted by Crippen LogP contribution is -2.51. The van der Waals surface area contributed by atoms with E-state index in [0.717, 1.165) is 11.1 Å². The highest BCUT2D eigenvalue weighted by Gasteiger charge is 2.53. The first kappa shape index (κ1) is 23.3. The summed E-state index contributed by atoms with van der Waals surface area (Å²) in [5.74, 6) is -7.32. The van der Waals surface area contributed by atoms with Crippen molar-refractivity contribution in [3.63, 3.8) is 0 Å². The Balaban J connectivity index is 1.39. The minimum absolute atomic E-state index is 0.0563. The van der Waals surface area contributed by atoms with Crippen LogP contribution in [0.4, 0.5) is 8.78 Å². The quantitative estimate of drug-likeness (QED) is 0.413. The van der Waals surface area contributed by atoms with E-state index in [2.05, 4.69) is 5.32 Å². The van der Waals surface area contributed by atoms with Crippen molar-refractivity contribution in [2.45, 2.75) is 57.2 Å². The Morgan fingerprint density at radius 1 is 1.24 bits per heavy atom. The van der Waals surface area contributed by atoms with E-state index in [-0.39, 0.29) is 31.1 Å². The molecule has 176 valence electrons. The Kier molecular flexibility index (Phi) is 6.00. The molecule has 0 aromatic heterocycles. The maximum Gasteiger partial charge on any atom is 0.475 e. The van der Waals surface area contributed by atoms with Crippen LogP contribution in [0.5, 0.6) is 0 Å². The molecule has 0 saturated carbocycles. The van der Waals surface area contributed by atoms with Gasteiger partial charge in [0, 0.05) is 37.4 Å². The fourth-order valence-electron chi connectivity index (χ4n) is 4.90. The van der Waals surface area contributed by atoms with Gasteiger partial charge in [-0.25, -0.2) is 8.78 Å². The average Bonchev–Trinajstić information content (AvgIpc) is 3.42. The molecule has 1 aromatic rings. The number of amides is 3. The molecule has 2 saturated heterocycles. The maximum absolute atomic E-state index is 13.8. The lowest BCUT2D eigenvalue weighted by atomic mass is 9.77. The van der Waals surface area contributed by atoms with E-state index in [0.29, 0.717) is 17.0 Å². The zero-order valence-corrected chi connectivity index (χ0v) is 18.0. The number of hydrogen-bond donors (Lipinski definition) is 3. The number of hydrogen-bond acceptors (Lipinski definition) is 6. The molecule has 33 heavy (non-hydrogen) atoms. The third-order valence-electron chi connectivity index (χ3n) is 6.58. The van der Waals surface area contributed by atoms with Crippen LogP contribution in [0.1, 0.15) is 47.7 Å². The first-order valence-corrected chi connectivity index (χ1v) is 10.7. The summed E-state index contributed by atoms with van der Waals surface area (Å²) in [6.45, 7) is 1.05. The van der Waals surface area contributed by atoms with Crippen LogP contribution in [0.3, 0.4) is 0 Å². The highest BCUT2D eigenvalue weighted by atomic mass is 19.3. The van der Waals surface area contributed by atoms with Crippen LogP contribution in [0.2, 0.25) is 0 Å². The molecule has 0 aliphatic carbocycles. The summed E-state index contributed by atoms with van der Waals surface area (Å²) in [4.78, 5) is 52.1. The fourth-order valence-corrected chi connectivity index (χ4v) is 4.90. The van der Waals surface area contributed by atoms with Crippen LogP contribution in [0.25, 0.3) is 0 Å². The zero-order chi connectivity index (χ0) is 24.1. The normalized spacial score (nSPS) is 25.7. The number of carbonyl (C=O) groups is 4. The molecule has 0 unspecified atom stereocenters. The van der Waals surface area contributed by atoms with Gasteiger partial charge in [0.15, 0.2) is 5.78 Å². The Morgan fingerprint density at radius 2 is 1.97 bits per heavy atom. The molecule has 3 heterocycles. The molecule has 1 aromatic carbocycles. The number of nitrogens with one attached hydrogen (secondary N) is 1. The van der Waals surface area contributed by atoms with Crippen molar-refractivity contribution in [1.29, 1.82) is 0 Å². The smallest absolute Gasteiger partial charge is 0.426 e. The monoisotopic (exact) mass is 463 g/mol. The Morgan fingerprint density at radius 3 is 2.64 bits per heavy atom. The van der Waals surface area contributed by atoms with Crippen LogP contribution in [-0.4, -0.2) is 74.9 Å². The van der Waals surface area contributed by atoms with E-state index >= 15 is 0 Å². The third kappa shape index (κ3) is 4.49. The summed E-state index contributed by atoms with van der Waals surface area (Å²) in [6, 6.07) is 4.17. The summed E-state index contributed by atoms with van der Waals surface area (Å²) in [5, 5.41) is 21.2. The molecule has 0 bridgehead atoms. The van der Waals surface area contributed by atoms with Crippen molar-refractivity contribution in [3.05, 3.63) is 34.9 Å². The predicted octanol–water partition coefficient (Wildman–Crippen LogP) is -0.126. The van der Waals surface area contributed by atoms with Crippen molar-refractivity contribution in [2.75, 3.05) is 6.54 Å². The number of rotatable bonds is 5. The molecule has 0 spiro atoms. The summed E-state index contributed by atoms with van der Waals surface area (Å²) >= 11 is 0. The van der Waals surface area contributed by atoms with Crippen molar-refractivity contribution in [2.24, 2.45) is 5.92 Å². The molecule has 3 aliphatic heterocycles. The number of alkyl halides is 2. The van der Waals surface area contributed by atoms with E-state index in [1.54, 1.807) is 17.0 Å². The van der Waals surface area contributed by atoms with Gasteiger partial charge in [0.25, 0.3) is 5.92 Å². The number of benzene rings is 1. The van der Waals surface area contributed by atoms with Crippen LogP contribution < -0.4 is 5.32 Å². The van der Waals surface area contributed by atoms with Gasteiger partial charge in [0.2, 0.25) is 17.7 Å². The molecule has 2 fully saturated rings. The topological polar surface area (TPSA) is 127 Å². The first-order valence-electron chi connectivity index (χ1n) is 10.7. The number of fused-ring (bicyclic) bond motifs is 1. The molecule has 3 aliphatic rings. The van der Waals surface area contributed by atoms with Crippen molar-refractivity contribution >= 4 is 30.6 Å². The largest absolute Gasteiger partial charge is 0.475 e. The fraction of sp³-hybridized carbons (Fsp3) is 0.524. The minimum atomic E-state index is -3.26. The standard InChI is InChI=1S/C21H24BF2N3O6/c1-11(28)14-4-2-3-12-8-26(9-15(12)14)18(29)6-13-5-16(25-19(13)30)20(31)27-10-21(23,24)7-17(27)22(32)33/h2-4,13,16-17,32-33H,5-10H2,1H3,(H,25,30)/t13-,16-,17-/m0/s1. The zero-order valence-electron chi connectivity index (χ0n) is 18.0. The van der Waals surface area contributed by atoms with Crippen LogP contribution in [0.15, 0.2) is 18.2 Å². The van der Waals surface area contributed by atoms with E-state index in [9.17, 15) is 38.0 Å². The average molecular weight is 463 g/mol. The summed E-state index contributed by atoms with van der Waals surface area (Å²) in [5.41, 5.74) is 2.20. The van der Waals surface area contributed by atoms with E-state index in [4.69, 9.17) is 0 Å². The summed E-state index contributed by atoms with van der Waals surface area (Å²) in [6.07, 6.45) is -1.10. The highest BCUT2D eigenvalue weighted by Crippen LogP contribution is 2.34. The van der Waals surface area contributed by atoms with Gasteiger partial charge in [-0.05, 0) is 24.5 Å². The second-order valence-corrected chi connectivity index (χ2v) is 8.95. The molecule has 3 atom stereocenters. The molecule has 9 nitrogen and oxygen atoms in total. The van der Waals surface area contributed by atoms with E-state index in [1.807, 2.05) is 6.07 Å². The second-order valence-electron chi connectivity index (χ2n) is 8.95. The van der Waals surface area contributed by atoms with Crippen LogP contribution in [-0.2, 0) is 27.5 Å². The predicted molar refractivity (Wildman–Crippen MR) is 111 cm³/mol. The number of carbonyl (C=O) groups excluding carboxylic acids is 4. The lowest BCUT2D eigenvalue weighted by Gasteiger charge is -2.26. The molecule has 0 radical (unpaired) electrons. The van der Waals surface area contributed by atoms with Gasteiger partial charge in [-0.1, -0.05) is 18.2 Å². The number of Topliss-reactive ketones (excluding diaryl/α,β-unsaturated/α-hetero) is 1. The van der Waals surface area contributed by atoms with Gasteiger partial charge < -0.3 is 25.2 Å². The Labute approximate surface area is 188 Å². The van der Waals surface area contributed by atoms with Gasteiger partial charge in [0.05, 0.1) is 12.5 Å². The second kappa shape index (κ2) is 8.49. The first-order chi connectivity index (χ1) is 15.5. The van der Waals surface area contributed by atoms with Gasteiger partial charge in [-0.3, -0.25) is 19.2 Å². The molecule has 12 heteroatoms. The SMILES string of the molecule is CC(=O)c1cccc2c1CN(C(=O)C[C@@H]1C[C@@H](C(=O)N3CC(F)(F)C[C@H]3B(O)O)NC1=O)C2. The van der Waals surface area contributed by atoms with Crippen molar-refractivity contribution < 1.29 is 38.0 Å². The van der Waals surface area contributed by atoms with Crippen molar-refractivity contribution in [1.82, 2.24) is 15.1 Å². The molecule has 3 amide bonds. The molecule has 3 N–H and O–H groups in total. The van der Waals surface area contributed by atoms with Crippen molar-refractivity contribution in [3.8, 4) is 0 Å². The van der Waals surface area contributed by atoms with E-state index < -0.39 is 55.7 Å². The minimum Gasteiger partial charge on any atom is -0.426 e. The third-order valence-corrected chi connectivity index (χ3v) is 6.58. The number of likely N-dealkylation sites (tertiary alicyclic amines) is 1. The van der Waals surface area contributed by atoms with Gasteiger partial charge in [0.1, 0.15) is 6.04 Å². The summed E-state index contributed by atoms with van der Waals surface area (Å²) in [7, 11) is -2.13. The maximum atomic E-state index is 13.8. The number of nitrogens with zero attached hydrogens (tertiary/aromatic N) is 2. The van der Waals surface area contributed by atoms with Crippen LogP contribution in [0, 0.1) is 5.92 Å². The lowest BCUT2D eigenvalue weighted by molar-refractivity contribution is -0.135. The molecular formula is C21H24BF2N3O6.